The van der Waals surface area contributed by atoms with Crippen LogP contribution in [0.25, 0.3) is 0 Å². The van der Waals surface area contributed by atoms with Crippen LogP contribution in [0.1, 0.15) is 56.3 Å². The lowest BCUT2D eigenvalue weighted by Crippen LogP contribution is -2.27. The molecule has 0 spiro atoms. The van der Waals surface area contributed by atoms with Crippen molar-refractivity contribution >= 4 is 17.5 Å². The molecule has 0 aliphatic carbocycles. The minimum absolute atomic E-state index is 0.00968. The number of benzene rings is 1. The second-order valence-corrected chi connectivity index (χ2v) is 6.75. The molecule has 1 aromatic carbocycles. The van der Waals surface area contributed by atoms with Crippen LogP contribution in [0.2, 0.25) is 0 Å². The molecule has 2 rings (SSSR count). The number of hydrogen-bond acceptors (Lipinski definition) is 5. The van der Waals surface area contributed by atoms with E-state index in [9.17, 15) is 9.59 Å². The highest BCUT2D eigenvalue weighted by molar-refractivity contribution is 5.92. The van der Waals surface area contributed by atoms with Crippen LogP contribution in [0.4, 0.5) is 5.69 Å². The van der Waals surface area contributed by atoms with Crippen LogP contribution in [0.5, 0.6) is 5.75 Å². The number of nitrogens with zero attached hydrogens (tertiary/aromatic N) is 1. The second kappa shape index (κ2) is 10.4. The average molecular weight is 373 g/mol. The van der Waals surface area contributed by atoms with Gasteiger partial charge in [-0.1, -0.05) is 32.3 Å². The van der Waals surface area contributed by atoms with Crippen molar-refractivity contribution in [2.24, 2.45) is 5.92 Å². The SMILES string of the molecule is CCCCC(=O)Nc1ccc(OCc2cc(C(=O)NCC(C)C)no2)cc1. The quantitative estimate of drug-likeness (QED) is 0.661. The van der Waals surface area contributed by atoms with Crippen LogP contribution in [-0.2, 0) is 11.4 Å². The Kier molecular flexibility index (Phi) is 7.85. The Morgan fingerprint density at radius 2 is 1.96 bits per heavy atom. The van der Waals surface area contributed by atoms with E-state index in [0.717, 1.165) is 18.5 Å². The molecule has 27 heavy (non-hydrogen) atoms. The first-order valence-electron chi connectivity index (χ1n) is 9.24. The maximum atomic E-state index is 11.9. The van der Waals surface area contributed by atoms with Crippen molar-refractivity contribution < 1.29 is 18.8 Å². The Labute approximate surface area is 159 Å². The molecule has 0 radical (unpaired) electrons. The highest BCUT2D eigenvalue weighted by Gasteiger charge is 2.13. The van der Waals surface area contributed by atoms with E-state index in [4.69, 9.17) is 9.26 Å². The number of carbonyl (C=O) groups excluding carboxylic acids is 2. The summed E-state index contributed by atoms with van der Waals surface area (Å²) in [4.78, 5) is 23.6. The van der Waals surface area contributed by atoms with E-state index in [1.165, 1.54) is 0 Å². The summed E-state index contributed by atoms with van der Waals surface area (Å²) in [6.07, 6.45) is 2.39. The minimum atomic E-state index is -0.262. The number of nitrogens with one attached hydrogen (secondary N) is 2. The summed E-state index contributed by atoms with van der Waals surface area (Å²) in [6, 6.07) is 8.66. The molecule has 7 heteroatoms. The number of hydrogen-bond donors (Lipinski definition) is 2. The summed E-state index contributed by atoms with van der Waals surface area (Å²) >= 11 is 0. The van der Waals surface area contributed by atoms with Gasteiger partial charge in [-0.25, -0.2) is 0 Å². The van der Waals surface area contributed by atoms with Crippen LogP contribution in [-0.4, -0.2) is 23.5 Å². The second-order valence-electron chi connectivity index (χ2n) is 6.75. The van der Waals surface area contributed by atoms with Gasteiger partial charge in [-0.05, 0) is 36.6 Å². The lowest BCUT2D eigenvalue weighted by molar-refractivity contribution is -0.116. The van der Waals surface area contributed by atoms with Crippen molar-refractivity contribution in [3.8, 4) is 5.75 Å². The fourth-order valence-electron chi connectivity index (χ4n) is 2.23. The minimum Gasteiger partial charge on any atom is -0.486 e. The van der Waals surface area contributed by atoms with Gasteiger partial charge in [0.2, 0.25) is 5.91 Å². The first kappa shape index (κ1) is 20.5. The molecule has 146 valence electrons. The van der Waals surface area contributed by atoms with Gasteiger partial charge in [-0.3, -0.25) is 9.59 Å². The van der Waals surface area contributed by atoms with Crippen molar-refractivity contribution in [1.82, 2.24) is 10.5 Å². The Balaban J connectivity index is 1.81. The Hall–Kier alpha value is -2.83. The van der Waals surface area contributed by atoms with Gasteiger partial charge in [0, 0.05) is 24.7 Å². The fraction of sp³-hybridized carbons (Fsp3) is 0.450. The predicted octanol–water partition coefficient (Wildman–Crippen LogP) is 3.77. The van der Waals surface area contributed by atoms with Gasteiger partial charge in [0.15, 0.2) is 11.5 Å². The van der Waals surface area contributed by atoms with E-state index < -0.39 is 0 Å². The highest BCUT2D eigenvalue weighted by atomic mass is 16.5. The fourth-order valence-corrected chi connectivity index (χ4v) is 2.23. The monoisotopic (exact) mass is 373 g/mol. The number of unbranched alkanes of at least 4 members (excludes halogenated alkanes) is 1. The normalized spacial score (nSPS) is 10.7. The molecular weight excluding hydrogens is 346 g/mol. The molecule has 0 unspecified atom stereocenters. The van der Waals surface area contributed by atoms with Crippen molar-refractivity contribution in [1.29, 1.82) is 0 Å². The topological polar surface area (TPSA) is 93.5 Å². The molecule has 0 bridgehead atoms. The lowest BCUT2D eigenvalue weighted by Gasteiger charge is -2.07. The van der Waals surface area contributed by atoms with Crippen LogP contribution < -0.4 is 15.4 Å². The molecule has 0 fully saturated rings. The molecule has 2 N–H and O–H groups in total. The van der Waals surface area contributed by atoms with Crippen molar-refractivity contribution in [2.45, 2.75) is 46.6 Å². The molecule has 2 amide bonds. The largest absolute Gasteiger partial charge is 0.486 e. The molecule has 0 aliphatic heterocycles. The number of anilines is 1. The standard InChI is InChI=1S/C20H27N3O4/c1-4-5-6-19(24)22-15-7-9-16(10-8-15)26-13-17-11-18(23-27-17)20(25)21-12-14(2)3/h7-11,14H,4-6,12-13H2,1-3H3,(H,21,25)(H,22,24). The van der Waals surface area contributed by atoms with Gasteiger partial charge in [0.25, 0.3) is 5.91 Å². The van der Waals surface area contributed by atoms with E-state index in [0.29, 0.717) is 30.4 Å². The van der Waals surface area contributed by atoms with Crippen LogP contribution in [0.15, 0.2) is 34.9 Å². The molecule has 7 nitrogen and oxygen atoms in total. The third kappa shape index (κ3) is 7.13. The molecule has 0 aliphatic rings. The number of rotatable bonds is 10. The summed E-state index contributed by atoms with van der Waals surface area (Å²) < 4.78 is 10.8. The van der Waals surface area contributed by atoms with E-state index in [1.54, 1.807) is 30.3 Å². The summed E-state index contributed by atoms with van der Waals surface area (Å²) in [5.74, 6) is 1.20. The number of ether oxygens (including phenoxy) is 1. The van der Waals surface area contributed by atoms with E-state index in [-0.39, 0.29) is 24.1 Å². The molecule has 1 heterocycles. The van der Waals surface area contributed by atoms with E-state index in [1.807, 2.05) is 13.8 Å². The van der Waals surface area contributed by atoms with Gasteiger partial charge < -0.3 is 19.9 Å². The van der Waals surface area contributed by atoms with Gasteiger partial charge in [0.05, 0.1) is 0 Å². The maximum absolute atomic E-state index is 11.9. The highest BCUT2D eigenvalue weighted by Crippen LogP contribution is 2.18. The first-order valence-corrected chi connectivity index (χ1v) is 9.24. The number of aromatic nitrogens is 1. The van der Waals surface area contributed by atoms with E-state index in [2.05, 4.69) is 22.7 Å². The van der Waals surface area contributed by atoms with Crippen molar-refractivity contribution in [3.05, 3.63) is 41.8 Å². The van der Waals surface area contributed by atoms with Gasteiger partial charge in [-0.15, -0.1) is 0 Å². The third-order valence-electron chi connectivity index (χ3n) is 3.74. The molecule has 2 aromatic rings. The maximum Gasteiger partial charge on any atom is 0.273 e. The van der Waals surface area contributed by atoms with Gasteiger partial charge in [-0.2, -0.15) is 0 Å². The number of amides is 2. The predicted molar refractivity (Wildman–Crippen MR) is 103 cm³/mol. The molecule has 0 saturated carbocycles. The molecular formula is C20H27N3O4. The zero-order valence-corrected chi connectivity index (χ0v) is 16.1. The van der Waals surface area contributed by atoms with Crippen molar-refractivity contribution in [2.75, 3.05) is 11.9 Å². The van der Waals surface area contributed by atoms with Crippen LogP contribution in [0.3, 0.4) is 0 Å². The van der Waals surface area contributed by atoms with Gasteiger partial charge >= 0.3 is 0 Å². The average Bonchev–Trinajstić information content (AvgIpc) is 3.13. The summed E-state index contributed by atoms with van der Waals surface area (Å²) in [5.41, 5.74) is 0.964. The number of carbonyl (C=O) groups is 2. The first-order chi connectivity index (χ1) is 13.0. The van der Waals surface area contributed by atoms with E-state index >= 15 is 0 Å². The summed E-state index contributed by atoms with van der Waals surface area (Å²) in [5, 5.41) is 9.39. The smallest absolute Gasteiger partial charge is 0.273 e. The van der Waals surface area contributed by atoms with Crippen LogP contribution >= 0.6 is 0 Å². The zero-order chi connectivity index (χ0) is 19.6. The third-order valence-corrected chi connectivity index (χ3v) is 3.74. The van der Waals surface area contributed by atoms with Crippen molar-refractivity contribution in [3.63, 3.8) is 0 Å². The molecule has 0 saturated heterocycles. The Morgan fingerprint density at radius 3 is 2.63 bits per heavy atom. The molecule has 1 aromatic heterocycles. The van der Waals surface area contributed by atoms with Gasteiger partial charge in [0.1, 0.15) is 12.4 Å². The Morgan fingerprint density at radius 1 is 1.22 bits per heavy atom. The summed E-state index contributed by atoms with van der Waals surface area (Å²) in [6.45, 7) is 6.83. The lowest BCUT2D eigenvalue weighted by atomic mass is 10.2. The van der Waals surface area contributed by atoms with Crippen LogP contribution in [0, 0.1) is 5.92 Å². The Bertz CT molecular complexity index is 738. The zero-order valence-electron chi connectivity index (χ0n) is 16.1. The molecule has 0 atom stereocenters. The summed E-state index contributed by atoms with van der Waals surface area (Å²) in [7, 11) is 0.